The Morgan fingerprint density at radius 1 is 1.23 bits per heavy atom. The molecule has 0 spiro atoms. The van der Waals surface area contributed by atoms with Crippen molar-refractivity contribution in [3.8, 4) is 0 Å². The van der Waals surface area contributed by atoms with Gasteiger partial charge in [-0.15, -0.1) is 0 Å². The van der Waals surface area contributed by atoms with E-state index >= 15 is 0 Å². The Labute approximate surface area is 168 Å². The van der Waals surface area contributed by atoms with Crippen LogP contribution in [-0.2, 0) is 36.4 Å². The minimum Gasteiger partial charge on any atom is -0.387 e. The van der Waals surface area contributed by atoms with E-state index in [1.54, 1.807) is 0 Å². The number of nitrogens with zero attached hydrogens (tertiary/aromatic N) is 1. The Morgan fingerprint density at radius 2 is 1.83 bits per heavy atom. The molecule has 2 heterocycles. The second-order valence-electron chi connectivity index (χ2n) is 6.24. The summed E-state index contributed by atoms with van der Waals surface area (Å²) in [7, 11) is -16.7. The van der Waals surface area contributed by atoms with Crippen LogP contribution in [0.5, 0.6) is 0 Å². The van der Waals surface area contributed by atoms with Crippen molar-refractivity contribution in [3.05, 3.63) is 24.7 Å². The lowest BCUT2D eigenvalue weighted by molar-refractivity contribution is -0.124. The first kappa shape index (κ1) is 25.3. The van der Waals surface area contributed by atoms with Gasteiger partial charge in [-0.1, -0.05) is 6.58 Å². The zero-order chi connectivity index (χ0) is 23.1. The lowest BCUT2D eigenvalue weighted by atomic mass is 9.96. The molecular formula is C11H19N2O14P3. The number of phosphoric ester groups is 1. The zero-order valence-electron chi connectivity index (χ0n) is 15.0. The lowest BCUT2D eigenvalue weighted by Gasteiger charge is -2.37. The first-order chi connectivity index (χ1) is 13.4. The Balaban J connectivity index is 2.07. The molecule has 0 aliphatic carbocycles. The number of hydrogen-bond acceptors (Lipinski definition) is 11. The number of carbonyl (C=O) groups excluding carboxylic acids is 1. The molecule has 2 rings (SSSR count). The highest BCUT2D eigenvalue weighted by molar-refractivity contribution is 7.66. The maximum Gasteiger partial charge on any atom is 0.490 e. The van der Waals surface area contributed by atoms with Gasteiger partial charge in [0.2, 0.25) is 0 Å². The number of nitrogens with one attached hydrogen (secondary N) is 1. The fourth-order valence-electron chi connectivity index (χ4n) is 2.55. The molecule has 2 aliphatic rings. The highest BCUT2D eigenvalue weighted by Crippen LogP contribution is 2.66. The Hall–Kier alpha value is -0.960. The van der Waals surface area contributed by atoms with Crippen molar-refractivity contribution in [1.82, 2.24) is 10.2 Å². The van der Waals surface area contributed by atoms with E-state index in [0.717, 1.165) is 17.9 Å². The van der Waals surface area contributed by atoms with Gasteiger partial charge in [-0.2, -0.15) is 8.62 Å². The van der Waals surface area contributed by atoms with Crippen molar-refractivity contribution in [1.29, 1.82) is 0 Å². The maximum absolute atomic E-state index is 11.8. The summed E-state index contributed by atoms with van der Waals surface area (Å²) in [6.45, 7) is 3.74. The summed E-state index contributed by atoms with van der Waals surface area (Å²) in [5.74, 6) is -0.507. The van der Waals surface area contributed by atoms with Crippen LogP contribution in [0.2, 0.25) is 0 Å². The fourth-order valence-corrected chi connectivity index (χ4v) is 5.58. The van der Waals surface area contributed by atoms with Crippen LogP contribution in [0.3, 0.4) is 0 Å². The van der Waals surface area contributed by atoms with Crippen molar-refractivity contribution in [2.45, 2.75) is 31.0 Å². The molecule has 16 nitrogen and oxygen atoms in total. The Morgan fingerprint density at radius 3 is 2.37 bits per heavy atom. The first-order valence-electron chi connectivity index (χ1n) is 7.74. The topological polar surface area (TPSA) is 242 Å². The van der Waals surface area contributed by atoms with Crippen molar-refractivity contribution < 1.29 is 66.2 Å². The predicted octanol–water partition coefficient (Wildman–Crippen LogP) is -1.42. The van der Waals surface area contributed by atoms with Gasteiger partial charge in [0, 0.05) is 12.3 Å². The Bertz CT molecular complexity index is 882. The zero-order valence-corrected chi connectivity index (χ0v) is 17.7. The van der Waals surface area contributed by atoms with Gasteiger partial charge in [0.05, 0.1) is 6.61 Å². The maximum atomic E-state index is 11.8. The van der Waals surface area contributed by atoms with E-state index < -0.39 is 60.0 Å². The van der Waals surface area contributed by atoms with Crippen LogP contribution in [0.1, 0.15) is 6.92 Å². The van der Waals surface area contributed by atoms with E-state index in [-0.39, 0.29) is 5.82 Å². The van der Waals surface area contributed by atoms with E-state index in [1.807, 2.05) is 0 Å². The average molecular weight is 496 g/mol. The van der Waals surface area contributed by atoms with Crippen molar-refractivity contribution in [3.63, 3.8) is 0 Å². The summed E-state index contributed by atoms with van der Waals surface area (Å²) < 4.78 is 50.6. The van der Waals surface area contributed by atoms with Gasteiger partial charge in [0.15, 0.2) is 6.23 Å². The number of aliphatic hydroxyl groups excluding tert-OH is 1. The van der Waals surface area contributed by atoms with Gasteiger partial charge >= 0.3 is 23.5 Å². The summed E-state index contributed by atoms with van der Waals surface area (Å²) in [5, 5.41) is 23.2. The first-order valence-corrected chi connectivity index (χ1v) is 12.3. The molecule has 1 saturated heterocycles. The van der Waals surface area contributed by atoms with Gasteiger partial charge < -0.3 is 44.7 Å². The molecule has 2 aliphatic heterocycles. The second-order valence-corrected chi connectivity index (χ2v) is 10.7. The lowest BCUT2D eigenvalue weighted by Crippen LogP contribution is -2.53. The molecule has 0 aromatic rings. The minimum absolute atomic E-state index is 0.00601. The molecule has 1 fully saturated rings. The minimum atomic E-state index is -5.71. The molecule has 0 aromatic heterocycles. The van der Waals surface area contributed by atoms with E-state index in [4.69, 9.17) is 19.4 Å². The number of carbonyl (C=O) groups is 1. The van der Waals surface area contributed by atoms with Gasteiger partial charge in [0.25, 0.3) is 5.91 Å². The summed E-state index contributed by atoms with van der Waals surface area (Å²) in [4.78, 5) is 48.0. The summed E-state index contributed by atoms with van der Waals surface area (Å²) in [5.41, 5.74) is -2.01. The standard InChI is InChI=1S/C11H19N2O14P3/c1-6-12-8(14)3-4-13(6)10-11(2,16)9(15)7(25-10)5-24-29(20,21)27-30(22,23)26-28(17,18)19/h3-4,7,9-10,15-16H,1,5H2,2H3,(H,12,14)(H,20,21)(H,22,23)(H2,17,18,19)/t7-,9?,10-,11+/m1/s1. The second kappa shape index (κ2) is 8.52. The normalized spacial score (nSPS) is 33.8. The number of phosphoric acid groups is 3. The summed E-state index contributed by atoms with van der Waals surface area (Å²) >= 11 is 0. The van der Waals surface area contributed by atoms with Crippen LogP contribution in [0.25, 0.3) is 0 Å². The molecule has 19 heteroatoms. The number of amides is 1. The van der Waals surface area contributed by atoms with E-state index in [2.05, 4.69) is 25.0 Å². The van der Waals surface area contributed by atoms with Gasteiger partial charge in [0.1, 0.15) is 23.6 Å². The van der Waals surface area contributed by atoms with Crippen molar-refractivity contribution in [2.24, 2.45) is 0 Å². The molecule has 3 unspecified atom stereocenters. The van der Waals surface area contributed by atoms with E-state index in [9.17, 15) is 33.6 Å². The molecular weight excluding hydrogens is 477 g/mol. The van der Waals surface area contributed by atoms with Crippen LogP contribution in [0.15, 0.2) is 24.7 Å². The predicted molar refractivity (Wildman–Crippen MR) is 93.4 cm³/mol. The van der Waals surface area contributed by atoms with Gasteiger partial charge in [-0.3, -0.25) is 9.32 Å². The van der Waals surface area contributed by atoms with Gasteiger partial charge in [-0.25, -0.2) is 13.7 Å². The number of aliphatic hydroxyl groups is 2. The third-order valence-corrected chi connectivity index (χ3v) is 7.59. The molecule has 30 heavy (non-hydrogen) atoms. The third kappa shape index (κ3) is 6.28. The summed E-state index contributed by atoms with van der Waals surface area (Å²) in [6, 6.07) is 0. The highest BCUT2D eigenvalue weighted by atomic mass is 31.3. The number of rotatable bonds is 8. The number of hydrogen-bond donors (Lipinski definition) is 7. The van der Waals surface area contributed by atoms with Crippen molar-refractivity contribution in [2.75, 3.05) is 6.61 Å². The SMILES string of the molecule is C=C1NC(=O)C=CN1[C@@H]1O[C@H](COP(=O)(O)OP(=O)(O)OP(=O)(O)O)C(O)[C@]1(C)O. The van der Waals surface area contributed by atoms with Gasteiger partial charge in [-0.05, 0) is 6.92 Å². The van der Waals surface area contributed by atoms with Crippen LogP contribution in [0, 0.1) is 0 Å². The molecule has 172 valence electrons. The molecule has 0 saturated carbocycles. The molecule has 0 radical (unpaired) electrons. The average Bonchev–Trinajstić information content (AvgIpc) is 2.73. The van der Waals surface area contributed by atoms with Crippen LogP contribution in [0.4, 0.5) is 0 Å². The van der Waals surface area contributed by atoms with Crippen LogP contribution in [-0.4, -0.2) is 71.2 Å². The van der Waals surface area contributed by atoms with Crippen molar-refractivity contribution >= 4 is 29.4 Å². The van der Waals surface area contributed by atoms with Crippen LogP contribution < -0.4 is 5.32 Å². The highest BCUT2D eigenvalue weighted by Gasteiger charge is 2.55. The summed E-state index contributed by atoms with van der Waals surface area (Å²) in [6.07, 6.45) is -2.27. The molecule has 1 amide bonds. The number of ether oxygens (including phenoxy) is 1. The molecule has 0 aromatic carbocycles. The molecule has 7 N–H and O–H groups in total. The quantitative estimate of drug-likeness (QED) is 0.191. The third-order valence-electron chi connectivity index (χ3n) is 3.79. The fraction of sp³-hybridized carbons (Fsp3) is 0.545. The largest absolute Gasteiger partial charge is 0.490 e. The Kier molecular flexibility index (Phi) is 7.19. The smallest absolute Gasteiger partial charge is 0.387 e. The molecule has 0 bridgehead atoms. The van der Waals surface area contributed by atoms with E-state index in [0.29, 0.717) is 0 Å². The van der Waals surface area contributed by atoms with E-state index in [1.165, 1.54) is 6.20 Å². The monoisotopic (exact) mass is 496 g/mol. The van der Waals surface area contributed by atoms with Crippen LogP contribution >= 0.6 is 23.5 Å². The molecule has 6 atom stereocenters.